The van der Waals surface area contributed by atoms with Crippen LogP contribution in [0.5, 0.6) is 0 Å². The van der Waals surface area contributed by atoms with Crippen molar-refractivity contribution >= 4 is 10.4 Å². The second kappa shape index (κ2) is 9.97. The van der Waals surface area contributed by atoms with Crippen molar-refractivity contribution in [3.63, 3.8) is 0 Å². The summed E-state index contributed by atoms with van der Waals surface area (Å²) in [5.74, 6) is -3.02. The van der Waals surface area contributed by atoms with Gasteiger partial charge >= 0.3 is 10.4 Å². The third-order valence-corrected chi connectivity index (χ3v) is 6.70. The molecule has 3 rings (SSSR count). The lowest BCUT2D eigenvalue weighted by Crippen LogP contribution is -2.71. The highest BCUT2D eigenvalue weighted by atomic mass is 32.3. The molecule has 12 heteroatoms. The van der Waals surface area contributed by atoms with Crippen molar-refractivity contribution in [2.45, 2.75) is 62.5 Å². The van der Waals surface area contributed by atoms with Crippen molar-refractivity contribution in [1.82, 2.24) is 0 Å². The van der Waals surface area contributed by atoms with E-state index in [1.807, 2.05) is 30.3 Å². The van der Waals surface area contributed by atoms with Crippen LogP contribution in [0.25, 0.3) is 0 Å². The fourth-order valence-corrected chi connectivity index (χ4v) is 4.51. The summed E-state index contributed by atoms with van der Waals surface area (Å²) < 4.78 is 63.2. The third kappa shape index (κ3) is 5.14. The van der Waals surface area contributed by atoms with E-state index in [0.29, 0.717) is 0 Å². The first kappa shape index (κ1) is 25.4. The van der Waals surface area contributed by atoms with E-state index in [1.54, 1.807) is 6.92 Å². The van der Waals surface area contributed by atoms with Crippen LogP contribution in [0.2, 0.25) is 0 Å². The van der Waals surface area contributed by atoms with Gasteiger partial charge in [0.1, 0.15) is 30.5 Å². The van der Waals surface area contributed by atoms with Gasteiger partial charge in [-0.05, 0) is 19.4 Å². The number of hydrogen-bond acceptors (Lipinski definition) is 11. The van der Waals surface area contributed by atoms with Gasteiger partial charge in [-0.2, -0.15) is 8.42 Å². The average Bonchev–Trinajstić information content (AvgIpc) is 2.79. The van der Waals surface area contributed by atoms with Crippen LogP contribution in [0.4, 0.5) is 0 Å². The Kier molecular flexibility index (Phi) is 7.93. The van der Waals surface area contributed by atoms with Crippen LogP contribution in [0.1, 0.15) is 19.4 Å². The molecule has 0 spiro atoms. The first-order chi connectivity index (χ1) is 15.1. The van der Waals surface area contributed by atoms with E-state index in [9.17, 15) is 18.6 Å². The minimum atomic E-state index is -4.36. The first-order valence-electron chi connectivity index (χ1n) is 10.1. The topological polar surface area (TPSA) is 139 Å². The van der Waals surface area contributed by atoms with Crippen LogP contribution in [0.3, 0.4) is 0 Å². The predicted octanol–water partition coefficient (Wildman–Crippen LogP) is 0.0944. The Morgan fingerprint density at radius 1 is 1.09 bits per heavy atom. The lowest BCUT2D eigenvalue weighted by Gasteiger charge is -2.54. The molecule has 32 heavy (non-hydrogen) atoms. The summed E-state index contributed by atoms with van der Waals surface area (Å²) in [6.45, 7) is 2.20. The molecule has 0 aromatic heterocycles. The van der Waals surface area contributed by atoms with Crippen molar-refractivity contribution in [3.8, 4) is 0 Å². The van der Waals surface area contributed by atoms with Gasteiger partial charge in [-0.3, -0.25) is 0 Å². The zero-order valence-electron chi connectivity index (χ0n) is 18.4. The van der Waals surface area contributed by atoms with E-state index in [-0.39, 0.29) is 13.2 Å². The molecule has 0 bridgehead atoms. The summed E-state index contributed by atoms with van der Waals surface area (Å²) in [5.41, 5.74) is 0.848. The highest BCUT2D eigenvalue weighted by molar-refractivity contribution is 7.81. The molecule has 0 amide bonds. The van der Waals surface area contributed by atoms with Crippen molar-refractivity contribution < 1.29 is 50.7 Å². The van der Waals surface area contributed by atoms with Crippen LogP contribution < -0.4 is 0 Å². The highest BCUT2D eigenvalue weighted by Crippen LogP contribution is 2.42. The number of benzene rings is 1. The maximum absolute atomic E-state index is 12.1. The molecule has 0 saturated carbocycles. The molecule has 0 radical (unpaired) electrons. The van der Waals surface area contributed by atoms with Gasteiger partial charge in [-0.1, -0.05) is 30.3 Å². The Morgan fingerprint density at radius 2 is 1.72 bits per heavy atom. The van der Waals surface area contributed by atoms with Crippen molar-refractivity contribution in [2.75, 3.05) is 27.4 Å². The van der Waals surface area contributed by atoms with Crippen LogP contribution in [0, 0.1) is 0 Å². The number of ether oxygens (including phenoxy) is 5. The second-order valence-corrected chi connectivity index (χ2v) is 9.05. The molecule has 2 aliphatic heterocycles. The second-order valence-electron chi connectivity index (χ2n) is 7.80. The van der Waals surface area contributed by atoms with Gasteiger partial charge in [0.25, 0.3) is 0 Å². The number of rotatable bonds is 8. The number of hydrogen-bond donors (Lipinski definition) is 2. The summed E-state index contributed by atoms with van der Waals surface area (Å²) in [6.07, 6.45) is -6.10. The molecule has 2 heterocycles. The maximum Gasteiger partial charge on any atom is 0.400 e. The van der Waals surface area contributed by atoms with E-state index < -0.39 is 59.1 Å². The van der Waals surface area contributed by atoms with Gasteiger partial charge < -0.3 is 33.9 Å². The van der Waals surface area contributed by atoms with Gasteiger partial charge in [0, 0.05) is 14.2 Å². The van der Waals surface area contributed by atoms with Crippen molar-refractivity contribution in [1.29, 1.82) is 0 Å². The Hall–Kier alpha value is -1.19. The fourth-order valence-electron chi connectivity index (χ4n) is 3.65. The summed E-state index contributed by atoms with van der Waals surface area (Å²) in [4.78, 5) is 0. The zero-order chi connectivity index (χ0) is 23.6. The van der Waals surface area contributed by atoms with Crippen LogP contribution in [0.15, 0.2) is 30.3 Å². The molecule has 182 valence electrons. The summed E-state index contributed by atoms with van der Waals surface area (Å²) >= 11 is 0. The number of aliphatic hydroxyl groups excluding tert-OH is 2. The van der Waals surface area contributed by atoms with Crippen LogP contribution in [-0.2, 0) is 49.1 Å². The van der Waals surface area contributed by atoms with Crippen molar-refractivity contribution in [2.24, 2.45) is 0 Å². The molecular formula is C20H30O11S. The molecule has 1 aromatic rings. The van der Waals surface area contributed by atoms with E-state index in [2.05, 4.69) is 0 Å². The molecule has 1 aromatic carbocycles. The van der Waals surface area contributed by atoms with Gasteiger partial charge in [-0.15, -0.1) is 0 Å². The van der Waals surface area contributed by atoms with Gasteiger partial charge in [0.15, 0.2) is 0 Å². The normalized spacial score (nSPS) is 38.3. The van der Waals surface area contributed by atoms with Crippen LogP contribution >= 0.6 is 0 Å². The molecule has 2 fully saturated rings. The monoisotopic (exact) mass is 478 g/mol. The molecule has 0 aliphatic carbocycles. The molecule has 2 unspecified atom stereocenters. The Balaban J connectivity index is 1.93. The summed E-state index contributed by atoms with van der Waals surface area (Å²) in [6, 6.07) is 9.24. The number of methoxy groups -OCH3 is 2. The lowest BCUT2D eigenvalue weighted by molar-refractivity contribution is -0.461. The SMILES string of the molecule is COC1(C)O[C@@H]([C@@H]2OS(=O)(=O)OC[C@H]2OCc2ccccc2)[C@H]([C@@H](O)CO)OC1(C)OC. The van der Waals surface area contributed by atoms with E-state index in [0.717, 1.165) is 5.56 Å². The van der Waals surface area contributed by atoms with Gasteiger partial charge in [-0.25, -0.2) is 8.37 Å². The molecular weight excluding hydrogens is 448 g/mol. The first-order valence-corrected chi connectivity index (χ1v) is 11.4. The average molecular weight is 479 g/mol. The van der Waals surface area contributed by atoms with Gasteiger partial charge in [0.2, 0.25) is 11.6 Å². The summed E-state index contributed by atoms with van der Waals surface area (Å²) in [5, 5.41) is 20.0. The molecule has 7 atom stereocenters. The fraction of sp³-hybridized carbons (Fsp3) is 0.700. The summed E-state index contributed by atoms with van der Waals surface area (Å²) in [7, 11) is -1.63. The smallest absolute Gasteiger partial charge is 0.394 e. The Bertz CT molecular complexity index is 850. The molecule has 11 nitrogen and oxygen atoms in total. The largest absolute Gasteiger partial charge is 0.400 e. The minimum Gasteiger partial charge on any atom is -0.394 e. The quantitative estimate of drug-likeness (QED) is 0.526. The number of aliphatic hydroxyl groups is 2. The minimum absolute atomic E-state index is 0.146. The lowest BCUT2D eigenvalue weighted by atomic mass is 9.94. The highest BCUT2D eigenvalue weighted by Gasteiger charge is 2.61. The molecule has 2 aliphatic rings. The Labute approximate surface area is 187 Å². The predicted molar refractivity (Wildman–Crippen MR) is 108 cm³/mol. The Morgan fingerprint density at radius 3 is 2.31 bits per heavy atom. The third-order valence-electron chi connectivity index (χ3n) is 5.82. The van der Waals surface area contributed by atoms with E-state index in [4.69, 9.17) is 32.1 Å². The zero-order valence-corrected chi connectivity index (χ0v) is 19.2. The van der Waals surface area contributed by atoms with E-state index in [1.165, 1.54) is 21.1 Å². The van der Waals surface area contributed by atoms with Gasteiger partial charge in [0.05, 0.1) is 19.8 Å². The van der Waals surface area contributed by atoms with Crippen LogP contribution in [-0.4, -0.2) is 88.2 Å². The molecule has 2 saturated heterocycles. The van der Waals surface area contributed by atoms with E-state index >= 15 is 0 Å². The standard InChI is InChI=1S/C20H30O11S/c1-19(25-3)20(2,26-4)30-18(16(29-19)14(22)10-21)17-15(12-28-32(23,24)31-17)27-11-13-8-6-5-7-9-13/h5-9,14-18,21-22H,10-12H2,1-4H3/t14-,15+,16-,17+,18+,19?,20?/m0/s1. The van der Waals surface area contributed by atoms with Crippen molar-refractivity contribution in [3.05, 3.63) is 35.9 Å². The molecule has 2 N–H and O–H groups in total. The maximum atomic E-state index is 12.1.